The van der Waals surface area contributed by atoms with E-state index in [-0.39, 0.29) is 11.8 Å². The normalized spacial score (nSPS) is 14.3. The molecule has 0 bridgehead atoms. The second kappa shape index (κ2) is 5.84. The number of hydrogen-bond acceptors (Lipinski definition) is 3. The maximum absolute atomic E-state index is 11.7. The van der Waals surface area contributed by atoms with Crippen LogP contribution in [0.25, 0.3) is 0 Å². The maximum Gasteiger partial charge on any atom is 0.229 e. The molecular formula is C14H12BrClN2OS. The Hall–Kier alpha value is -0.910. The minimum atomic E-state index is 0.0950. The molecule has 0 radical (unpaired) electrons. The highest BCUT2D eigenvalue weighted by Crippen LogP contribution is 2.31. The van der Waals surface area contributed by atoms with Crippen molar-refractivity contribution in [2.24, 2.45) is 5.92 Å². The minimum absolute atomic E-state index is 0.0950. The van der Waals surface area contributed by atoms with Gasteiger partial charge in [-0.15, -0.1) is 11.3 Å². The SMILES string of the molecule is O=C(Nc1ncc(Cc2ccc(Br)c(Cl)c2)s1)C1CC1. The van der Waals surface area contributed by atoms with Crippen LogP contribution in [0.2, 0.25) is 5.02 Å². The van der Waals surface area contributed by atoms with Crippen LogP contribution in [0, 0.1) is 5.92 Å². The average molecular weight is 372 g/mol. The van der Waals surface area contributed by atoms with Crippen LogP contribution in [0.4, 0.5) is 5.13 Å². The molecule has 1 amide bonds. The largest absolute Gasteiger partial charge is 0.302 e. The molecule has 1 fully saturated rings. The number of amides is 1. The van der Waals surface area contributed by atoms with Crippen molar-refractivity contribution in [3.63, 3.8) is 0 Å². The van der Waals surface area contributed by atoms with Crippen molar-refractivity contribution in [3.8, 4) is 0 Å². The molecule has 2 aromatic rings. The molecule has 0 aliphatic heterocycles. The standard InChI is InChI=1S/C14H12BrClN2OS/c15-11-4-1-8(6-12(11)16)5-10-7-17-14(20-10)18-13(19)9-2-3-9/h1,4,6-7,9H,2-3,5H2,(H,17,18,19). The Balaban J connectivity index is 1.66. The van der Waals surface area contributed by atoms with E-state index < -0.39 is 0 Å². The van der Waals surface area contributed by atoms with Crippen molar-refractivity contribution in [2.45, 2.75) is 19.3 Å². The summed E-state index contributed by atoms with van der Waals surface area (Å²) in [6, 6.07) is 5.90. The minimum Gasteiger partial charge on any atom is -0.302 e. The predicted molar refractivity (Wildman–Crippen MR) is 85.4 cm³/mol. The van der Waals surface area contributed by atoms with Crippen LogP contribution in [0.15, 0.2) is 28.9 Å². The van der Waals surface area contributed by atoms with E-state index in [1.165, 1.54) is 11.3 Å². The van der Waals surface area contributed by atoms with Gasteiger partial charge in [-0.1, -0.05) is 17.7 Å². The zero-order valence-electron chi connectivity index (χ0n) is 10.5. The monoisotopic (exact) mass is 370 g/mol. The van der Waals surface area contributed by atoms with Crippen molar-refractivity contribution in [3.05, 3.63) is 44.3 Å². The van der Waals surface area contributed by atoms with E-state index >= 15 is 0 Å². The third-order valence-corrected chi connectivity index (χ3v) is 5.24. The fraction of sp³-hybridized carbons (Fsp3) is 0.286. The summed E-state index contributed by atoms with van der Waals surface area (Å²) in [6.07, 6.45) is 4.58. The van der Waals surface area contributed by atoms with Crippen LogP contribution in [0.3, 0.4) is 0 Å². The van der Waals surface area contributed by atoms with E-state index in [0.29, 0.717) is 10.2 Å². The number of hydrogen-bond donors (Lipinski definition) is 1. The summed E-state index contributed by atoms with van der Waals surface area (Å²) >= 11 is 11.0. The Labute approximate surface area is 134 Å². The zero-order chi connectivity index (χ0) is 14.1. The second-order valence-electron chi connectivity index (χ2n) is 4.82. The fourth-order valence-electron chi connectivity index (χ4n) is 1.85. The van der Waals surface area contributed by atoms with Gasteiger partial charge in [-0.25, -0.2) is 4.98 Å². The van der Waals surface area contributed by atoms with Crippen LogP contribution >= 0.6 is 38.9 Å². The van der Waals surface area contributed by atoms with Crippen LogP contribution in [-0.4, -0.2) is 10.9 Å². The number of rotatable bonds is 4. The lowest BCUT2D eigenvalue weighted by atomic mass is 10.1. The molecule has 20 heavy (non-hydrogen) atoms. The smallest absolute Gasteiger partial charge is 0.229 e. The van der Waals surface area contributed by atoms with Gasteiger partial charge in [-0.2, -0.15) is 0 Å². The number of benzene rings is 1. The highest BCUT2D eigenvalue weighted by Gasteiger charge is 2.30. The molecule has 1 aliphatic carbocycles. The molecule has 0 saturated heterocycles. The number of carbonyl (C=O) groups excluding carboxylic acids is 1. The summed E-state index contributed by atoms with van der Waals surface area (Å²) in [6.45, 7) is 0. The molecule has 1 aromatic heterocycles. The number of anilines is 1. The molecule has 0 atom stereocenters. The third kappa shape index (κ3) is 3.40. The highest BCUT2D eigenvalue weighted by atomic mass is 79.9. The van der Waals surface area contributed by atoms with Gasteiger partial charge < -0.3 is 5.32 Å². The van der Waals surface area contributed by atoms with Gasteiger partial charge >= 0.3 is 0 Å². The number of nitrogens with zero attached hydrogens (tertiary/aromatic N) is 1. The average Bonchev–Trinajstić information content (AvgIpc) is 3.18. The van der Waals surface area contributed by atoms with Crippen LogP contribution in [-0.2, 0) is 11.2 Å². The zero-order valence-corrected chi connectivity index (χ0v) is 13.7. The number of thiazole rings is 1. The van der Waals surface area contributed by atoms with Gasteiger partial charge in [0, 0.05) is 27.9 Å². The third-order valence-electron chi connectivity index (χ3n) is 3.09. The van der Waals surface area contributed by atoms with Crippen molar-refractivity contribution >= 4 is 49.9 Å². The van der Waals surface area contributed by atoms with Gasteiger partial charge in [0.25, 0.3) is 0 Å². The first-order valence-electron chi connectivity index (χ1n) is 6.31. The summed E-state index contributed by atoms with van der Waals surface area (Å²) in [5.41, 5.74) is 1.13. The van der Waals surface area contributed by atoms with Gasteiger partial charge in [-0.05, 0) is 46.5 Å². The first-order chi connectivity index (χ1) is 9.61. The molecule has 1 heterocycles. The molecule has 3 rings (SSSR count). The van der Waals surface area contributed by atoms with E-state index in [1.807, 2.05) is 24.4 Å². The van der Waals surface area contributed by atoms with Crippen LogP contribution < -0.4 is 5.32 Å². The van der Waals surface area contributed by atoms with Crippen molar-refractivity contribution in [2.75, 3.05) is 5.32 Å². The maximum atomic E-state index is 11.7. The summed E-state index contributed by atoms with van der Waals surface area (Å²) in [4.78, 5) is 17.0. The first kappa shape index (κ1) is 14.0. The summed E-state index contributed by atoms with van der Waals surface area (Å²) in [5.74, 6) is 0.296. The van der Waals surface area contributed by atoms with E-state index in [9.17, 15) is 4.79 Å². The molecule has 0 unspecified atom stereocenters. The van der Waals surface area contributed by atoms with Crippen molar-refractivity contribution in [1.29, 1.82) is 0 Å². The van der Waals surface area contributed by atoms with Gasteiger partial charge in [0.15, 0.2) is 5.13 Å². The lowest BCUT2D eigenvalue weighted by Gasteiger charge is -2.01. The Morgan fingerprint density at radius 1 is 1.50 bits per heavy atom. The van der Waals surface area contributed by atoms with Crippen LogP contribution in [0.1, 0.15) is 23.3 Å². The van der Waals surface area contributed by atoms with Crippen LogP contribution in [0.5, 0.6) is 0 Å². The van der Waals surface area contributed by atoms with Crippen molar-refractivity contribution in [1.82, 2.24) is 4.98 Å². The number of carbonyl (C=O) groups is 1. The number of aromatic nitrogens is 1. The molecule has 104 valence electrons. The van der Waals surface area contributed by atoms with Gasteiger partial charge in [-0.3, -0.25) is 4.79 Å². The predicted octanol–water partition coefficient (Wildman–Crippen LogP) is 4.50. The lowest BCUT2D eigenvalue weighted by molar-refractivity contribution is -0.117. The van der Waals surface area contributed by atoms with Gasteiger partial charge in [0.1, 0.15) is 0 Å². The molecule has 1 aromatic carbocycles. The van der Waals surface area contributed by atoms with Gasteiger partial charge in [0.05, 0.1) is 5.02 Å². The molecule has 1 N–H and O–H groups in total. The quantitative estimate of drug-likeness (QED) is 0.860. The van der Waals surface area contributed by atoms with E-state index in [1.54, 1.807) is 0 Å². The van der Waals surface area contributed by atoms with E-state index in [4.69, 9.17) is 11.6 Å². The number of halogens is 2. The fourth-order valence-corrected chi connectivity index (χ4v) is 3.15. The molecular weight excluding hydrogens is 360 g/mol. The molecule has 1 aliphatic rings. The molecule has 3 nitrogen and oxygen atoms in total. The summed E-state index contributed by atoms with van der Waals surface area (Å²) in [5, 5.41) is 4.25. The second-order valence-corrected chi connectivity index (χ2v) is 7.20. The molecule has 1 saturated carbocycles. The first-order valence-corrected chi connectivity index (χ1v) is 8.30. The Morgan fingerprint density at radius 2 is 2.30 bits per heavy atom. The van der Waals surface area contributed by atoms with E-state index in [2.05, 4.69) is 26.2 Å². The highest BCUT2D eigenvalue weighted by molar-refractivity contribution is 9.10. The topological polar surface area (TPSA) is 42.0 Å². The Kier molecular flexibility index (Phi) is 4.10. The number of nitrogens with one attached hydrogen (secondary N) is 1. The molecule has 6 heteroatoms. The summed E-state index contributed by atoms with van der Waals surface area (Å²) < 4.78 is 0.893. The lowest BCUT2D eigenvalue weighted by Crippen LogP contribution is -2.12. The summed E-state index contributed by atoms with van der Waals surface area (Å²) in [7, 11) is 0. The van der Waals surface area contributed by atoms with Gasteiger partial charge in [0.2, 0.25) is 5.91 Å². The van der Waals surface area contributed by atoms with E-state index in [0.717, 1.165) is 34.2 Å². The Morgan fingerprint density at radius 3 is 3.00 bits per heavy atom. The Bertz CT molecular complexity index is 654. The molecule has 0 spiro atoms. The van der Waals surface area contributed by atoms with Crippen molar-refractivity contribution < 1.29 is 4.79 Å².